The Hall–Kier alpha value is -2.75. The summed E-state index contributed by atoms with van der Waals surface area (Å²) < 4.78 is 16.7. The maximum absolute atomic E-state index is 12.3. The van der Waals surface area contributed by atoms with Crippen LogP contribution in [0, 0.1) is 5.92 Å². The maximum atomic E-state index is 12.3. The zero-order chi connectivity index (χ0) is 21.6. The molecule has 30 heavy (non-hydrogen) atoms. The number of rotatable bonds is 14. The van der Waals surface area contributed by atoms with E-state index in [2.05, 4.69) is 20.4 Å². The van der Waals surface area contributed by atoms with Gasteiger partial charge >= 0.3 is 5.97 Å². The molecule has 0 saturated heterocycles. The molecule has 0 spiro atoms. The zero-order valence-corrected chi connectivity index (χ0v) is 18.3. The molecule has 0 radical (unpaired) electrons. The summed E-state index contributed by atoms with van der Waals surface area (Å²) >= 11 is 0. The van der Waals surface area contributed by atoms with Gasteiger partial charge in [-0.05, 0) is 67.3 Å². The molecule has 0 aliphatic rings. The van der Waals surface area contributed by atoms with E-state index in [1.807, 2.05) is 18.2 Å². The molecule has 0 fully saturated rings. The van der Waals surface area contributed by atoms with Gasteiger partial charge in [0.1, 0.15) is 17.2 Å². The topological polar surface area (TPSA) is 44.8 Å². The number of esters is 1. The third kappa shape index (κ3) is 8.73. The second kappa shape index (κ2) is 13.5. The third-order valence-corrected chi connectivity index (χ3v) is 5.02. The van der Waals surface area contributed by atoms with Gasteiger partial charge in [-0.15, -0.1) is 6.58 Å². The fourth-order valence-electron chi connectivity index (χ4n) is 2.88. The molecule has 0 N–H and O–H groups in total. The van der Waals surface area contributed by atoms with Crippen LogP contribution in [0.3, 0.4) is 0 Å². The average Bonchev–Trinajstić information content (AvgIpc) is 2.77. The van der Waals surface area contributed by atoms with Gasteiger partial charge in [-0.1, -0.05) is 45.6 Å². The lowest BCUT2D eigenvalue weighted by Gasteiger charge is -2.09. The number of carbonyl (C=O) groups excluding carboxylic acids is 1. The van der Waals surface area contributed by atoms with Gasteiger partial charge in [0, 0.05) is 0 Å². The minimum atomic E-state index is -0.396. The number of carbonyl (C=O) groups is 1. The van der Waals surface area contributed by atoms with E-state index in [0.29, 0.717) is 24.5 Å². The molecule has 4 heteroatoms. The van der Waals surface area contributed by atoms with E-state index in [4.69, 9.17) is 14.2 Å². The molecule has 4 nitrogen and oxygen atoms in total. The van der Waals surface area contributed by atoms with Crippen LogP contribution < -0.4 is 14.2 Å². The van der Waals surface area contributed by atoms with Crippen molar-refractivity contribution >= 4 is 5.97 Å². The Kier molecular flexibility index (Phi) is 10.6. The fourth-order valence-corrected chi connectivity index (χ4v) is 2.88. The van der Waals surface area contributed by atoms with Crippen LogP contribution in [0.5, 0.6) is 17.2 Å². The Morgan fingerprint density at radius 3 is 2.13 bits per heavy atom. The molecule has 0 saturated carbocycles. The molecule has 2 aromatic rings. The van der Waals surface area contributed by atoms with Crippen LogP contribution in [-0.2, 0) is 0 Å². The van der Waals surface area contributed by atoms with Crippen LogP contribution in [-0.4, -0.2) is 19.2 Å². The first-order valence-corrected chi connectivity index (χ1v) is 10.9. The molecule has 1 atom stereocenters. The minimum Gasteiger partial charge on any atom is -0.494 e. The summed E-state index contributed by atoms with van der Waals surface area (Å²) in [5, 5.41) is 0. The Morgan fingerprint density at radius 2 is 1.50 bits per heavy atom. The summed E-state index contributed by atoms with van der Waals surface area (Å²) in [6.07, 6.45) is 8.63. The molecular formula is C26H34O4. The van der Waals surface area contributed by atoms with Crippen molar-refractivity contribution in [1.82, 2.24) is 0 Å². The van der Waals surface area contributed by atoms with E-state index < -0.39 is 5.97 Å². The van der Waals surface area contributed by atoms with E-state index in [0.717, 1.165) is 30.3 Å². The summed E-state index contributed by atoms with van der Waals surface area (Å²) in [5.74, 6) is 2.40. The van der Waals surface area contributed by atoms with Gasteiger partial charge in [-0.3, -0.25) is 0 Å². The number of benzene rings is 2. The second-order valence-electron chi connectivity index (χ2n) is 7.52. The van der Waals surface area contributed by atoms with E-state index in [9.17, 15) is 4.79 Å². The minimum absolute atomic E-state index is 0.396. The summed E-state index contributed by atoms with van der Waals surface area (Å²) in [6.45, 7) is 9.48. The van der Waals surface area contributed by atoms with E-state index >= 15 is 0 Å². The van der Waals surface area contributed by atoms with E-state index in [1.54, 1.807) is 36.4 Å². The second-order valence-corrected chi connectivity index (χ2v) is 7.52. The summed E-state index contributed by atoms with van der Waals surface area (Å²) in [5.41, 5.74) is 0.488. The molecular weight excluding hydrogens is 376 g/mol. The molecule has 0 bridgehead atoms. The van der Waals surface area contributed by atoms with E-state index in [-0.39, 0.29) is 0 Å². The summed E-state index contributed by atoms with van der Waals surface area (Å²) in [7, 11) is 0. The number of hydrogen-bond donors (Lipinski definition) is 0. The lowest BCUT2D eigenvalue weighted by Crippen LogP contribution is -2.08. The summed E-state index contributed by atoms with van der Waals surface area (Å²) in [4.78, 5) is 12.3. The zero-order valence-electron chi connectivity index (χ0n) is 18.3. The molecule has 2 rings (SSSR count). The Balaban J connectivity index is 1.72. The van der Waals surface area contributed by atoms with Gasteiger partial charge < -0.3 is 14.2 Å². The lowest BCUT2D eigenvalue weighted by molar-refractivity contribution is 0.0734. The Morgan fingerprint density at radius 1 is 0.900 bits per heavy atom. The quantitative estimate of drug-likeness (QED) is 0.148. The van der Waals surface area contributed by atoms with Gasteiger partial charge in [0.25, 0.3) is 0 Å². The van der Waals surface area contributed by atoms with Crippen LogP contribution >= 0.6 is 0 Å². The monoisotopic (exact) mass is 410 g/mol. The van der Waals surface area contributed by atoms with Crippen LogP contribution in [0.25, 0.3) is 0 Å². The first-order chi connectivity index (χ1) is 14.6. The standard InChI is InChI=1S/C26H34O4/c1-4-6-19-28-24-15-17-25(18-16-24)30-26(27)22-11-13-23(14-12-22)29-20-9-7-8-10-21(3)5-2/h4,11-18,21H,1,5-10,19-20H2,2-3H3. The molecule has 0 aliphatic carbocycles. The van der Waals surface area contributed by atoms with Crippen molar-refractivity contribution in [2.24, 2.45) is 5.92 Å². The average molecular weight is 411 g/mol. The molecule has 0 amide bonds. The van der Waals surface area contributed by atoms with Crippen molar-refractivity contribution in [3.63, 3.8) is 0 Å². The summed E-state index contributed by atoms with van der Waals surface area (Å²) in [6, 6.07) is 14.1. The predicted octanol–water partition coefficient (Wildman–Crippen LogP) is 6.85. The van der Waals surface area contributed by atoms with Crippen molar-refractivity contribution < 1.29 is 19.0 Å². The first kappa shape index (κ1) is 23.5. The third-order valence-electron chi connectivity index (χ3n) is 5.02. The van der Waals surface area contributed by atoms with Gasteiger partial charge in [-0.25, -0.2) is 4.79 Å². The number of hydrogen-bond acceptors (Lipinski definition) is 4. The molecule has 162 valence electrons. The largest absolute Gasteiger partial charge is 0.494 e. The van der Waals surface area contributed by atoms with Gasteiger partial charge in [0.2, 0.25) is 0 Å². The van der Waals surface area contributed by atoms with Crippen LogP contribution in [0.15, 0.2) is 61.2 Å². The van der Waals surface area contributed by atoms with Crippen LogP contribution in [0.1, 0.15) is 62.7 Å². The van der Waals surface area contributed by atoms with Crippen molar-refractivity contribution in [2.45, 2.75) is 52.4 Å². The molecule has 0 heterocycles. The van der Waals surface area contributed by atoms with Gasteiger partial charge in [0.15, 0.2) is 0 Å². The Labute approximate surface area is 180 Å². The SMILES string of the molecule is C=CCCOc1ccc(OC(=O)c2ccc(OCCCCCC(C)CC)cc2)cc1. The predicted molar refractivity (Wildman–Crippen MR) is 122 cm³/mol. The fraction of sp³-hybridized carbons (Fsp3) is 0.423. The van der Waals surface area contributed by atoms with Crippen molar-refractivity contribution in [3.05, 3.63) is 66.7 Å². The lowest BCUT2D eigenvalue weighted by atomic mass is 10.0. The maximum Gasteiger partial charge on any atom is 0.343 e. The smallest absolute Gasteiger partial charge is 0.343 e. The van der Waals surface area contributed by atoms with Crippen molar-refractivity contribution in [3.8, 4) is 17.2 Å². The molecule has 2 aromatic carbocycles. The normalized spacial score (nSPS) is 11.5. The number of unbranched alkanes of at least 4 members (excludes halogenated alkanes) is 2. The highest BCUT2D eigenvalue weighted by Gasteiger charge is 2.09. The Bertz CT molecular complexity index is 750. The molecule has 1 unspecified atom stereocenters. The van der Waals surface area contributed by atoms with E-state index in [1.165, 1.54) is 25.7 Å². The van der Waals surface area contributed by atoms with Gasteiger partial charge in [0.05, 0.1) is 18.8 Å². The highest BCUT2D eigenvalue weighted by molar-refractivity contribution is 5.91. The first-order valence-electron chi connectivity index (χ1n) is 10.9. The van der Waals surface area contributed by atoms with Crippen LogP contribution in [0.4, 0.5) is 0 Å². The number of ether oxygens (including phenoxy) is 3. The highest BCUT2D eigenvalue weighted by Crippen LogP contribution is 2.20. The van der Waals surface area contributed by atoms with Crippen LogP contribution in [0.2, 0.25) is 0 Å². The van der Waals surface area contributed by atoms with Crippen molar-refractivity contribution in [2.75, 3.05) is 13.2 Å². The molecule has 0 aliphatic heterocycles. The van der Waals surface area contributed by atoms with Gasteiger partial charge in [-0.2, -0.15) is 0 Å². The van der Waals surface area contributed by atoms with Crippen molar-refractivity contribution in [1.29, 1.82) is 0 Å². The highest BCUT2D eigenvalue weighted by atomic mass is 16.5. The molecule has 0 aromatic heterocycles.